The molecule has 1 fully saturated rings. The molecule has 2 N–H and O–H groups in total. The van der Waals surface area contributed by atoms with Crippen molar-refractivity contribution in [1.82, 2.24) is 15.5 Å². The highest BCUT2D eigenvalue weighted by atomic mass is 35.5. The minimum absolute atomic E-state index is 0. The Kier molecular flexibility index (Phi) is 6.69. The largest absolute Gasteiger partial charge is 0.427 e. The molecule has 1 aliphatic rings. The van der Waals surface area contributed by atoms with Crippen molar-refractivity contribution in [1.29, 1.82) is 0 Å². The maximum atomic E-state index is 12.7. The van der Waals surface area contributed by atoms with Gasteiger partial charge in [-0.3, -0.25) is 4.79 Å². The Hall–Kier alpha value is -2.97. The van der Waals surface area contributed by atoms with Crippen molar-refractivity contribution in [2.75, 3.05) is 18.4 Å². The van der Waals surface area contributed by atoms with Crippen LogP contribution in [0.5, 0.6) is 0 Å². The maximum absolute atomic E-state index is 12.7. The smallest absolute Gasteiger partial charge is 0.349 e. The number of nitrogens with one attached hydrogen (secondary N) is 2. The fraction of sp³-hybridized carbons (Fsp3) is 0.333. The van der Waals surface area contributed by atoms with Gasteiger partial charge in [-0.1, -0.05) is 5.16 Å². The minimum Gasteiger partial charge on any atom is -0.427 e. The lowest BCUT2D eigenvalue weighted by molar-refractivity contribution is 0.102. The zero-order chi connectivity index (χ0) is 20.4. The first-order chi connectivity index (χ1) is 14.0. The number of hydrogen-bond donors (Lipinski definition) is 2. The highest BCUT2D eigenvalue weighted by Gasteiger charge is 2.22. The van der Waals surface area contributed by atoms with E-state index in [0.717, 1.165) is 31.5 Å². The first-order valence-electron chi connectivity index (χ1n) is 9.59. The molecule has 30 heavy (non-hydrogen) atoms. The number of nitrogens with zero attached hydrogens (tertiary/aromatic N) is 2. The number of carbonyl (C=O) groups excluding carboxylic acids is 1. The van der Waals surface area contributed by atoms with Crippen LogP contribution in [-0.4, -0.2) is 29.1 Å². The summed E-state index contributed by atoms with van der Waals surface area (Å²) in [6.45, 7) is 5.30. The summed E-state index contributed by atoms with van der Waals surface area (Å²) in [6, 6.07) is 8.77. The third-order valence-electron chi connectivity index (χ3n) is 5.05. The van der Waals surface area contributed by atoms with E-state index in [9.17, 15) is 9.59 Å². The van der Waals surface area contributed by atoms with E-state index in [1.54, 1.807) is 38.1 Å². The van der Waals surface area contributed by atoms with Crippen molar-refractivity contribution in [3.8, 4) is 11.5 Å². The molecule has 0 unspecified atom stereocenters. The van der Waals surface area contributed by atoms with Crippen molar-refractivity contribution >= 4 is 24.0 Å². The Balaban J connectivity index is 0.00000256. The van der Waals surface area contributed by atoms with Gasteiger partial charge in [-0.15, -0.1) is 12.4 Å². The number of aromatic nitrogens is 2. The van der Waals surface area contributed by atoms with Gasteiger partial charge in [0.05, 0.1) is 0 Å². The molecule has 0 bridgehead atoms. The van der Waals surface area contributed by atoms with Gasteiger partial charge < -0.3 is 19.6 Å². The van der Waals surface area contributed by atoms with Crippen LogP contribution in [0.2, 0.25) is 0 Å². The number of piperidine rings is 1. The molecule has 4 rings (SSSR count). The summed E-state index contributed by atoms with van der Waals surface area (Å²) in [6.07, 6.45) is 1.83. The number of benzene rings is 1. The SMILES string of the molecule is Cc1noc(-c2ccc(NC(=O)c3c(C)cc(C4CCNCC4)oc3=O)cc2)n1.Cl. The highest BCUT2D eigenvalue weighted by Crippen LogP contribution is 2.26. The first kappa shape index (κ1) is 21.7. The molecule has 9 heteroatoms. The Morgan fingerprint density at radius 2 is 1.87 bits per heavy atom. The summed E-state index contributed by atoms with van der Waals surface area (Å²) >= 11 is 0. The second-order valence-electron chi connectivity index (χ2n) is 7.20. The number of amides is 1. The normalized spacial score (nSPS) is 14.2. The van der Waals surface area contributed by atoms with Gasteiger partial charge in [-0.05, 0) is 75.7 Å². The van der Waals surface area contributed by atoms with E-state index in [-0.39, 0.29) is 23.9 Å². The van der Waals surface area contributed by atoms with Crippen molar-refractivity contribution in [3.05, 3.63) is 63.5 Å². The lowest BCUT2D eigenvalue weighted by Gasteiger charge is -2.21. The van der Waals surface area contributed by atoms with Gasteiger partial charge in [-0.25, -0.2) is 4.79 Å². The minimum atomic E-state index is -0.603. The third-order valence-corrected chi connectivity index (χ3v) is 5.05. The molecular formula is C21H23ClN4O4. The molecule has 0 saturated carbocycles. The average molecular weight is 431 g/mol. The van der Waals surface area contributed by atoms with Crippen LogP contribution in [0.25, 0.3) is 11.5 Å². The molecule has 8 nitrogen and oxygen atoms in total. The number of anilines is 1. The van der Waals surface area contributed by atoms with Crippen LogP contribution in [0.1, 0.15) is 46.3 Å². The zero-order valence-electron chi connectivity index (χ0n) is 16.7. The van der Waals surface area contributed by atoms with Gasteiger partial charge in [0.25, 0.3) is 11.8 Å². The van der Waals surface area contributed by atoms with E-state index >= 15 is 0 Å². The quantitative estimate of drug-likeness (QED) is 0.652. The standard InChI is InChI=1S/C21H22N4O4.ClH/c1-12-11-17(14-7-9-22-10-8-14)28-21(27)18(12)19(26)24-16-5-3-15(4-6-16)20-23-13(2)25-29-20;/h3-6,11,14,22H,7-10H2,1-2H3,(H,24,26);1H. The average Bonchev–Trinajstić information content (AvgIpc) is 3.15. The second kappa shape index (κ2) is 9.23. The Labute approximate surface area is 179 Å². The Bertz CT molecular complexity index is 1090. The van der Waals surface area contributed by atoms with Crippen LogP contribution in [-0.2, 0) is 0 Å². The summed E-state index contributed by atoms with van der Waals surface area (Å²) in [5.41, 5.74) is 1.33. The summed E-state index contributed by atoms with van der Waals surface area (Å²) in [5.74, 6) is 1.33. The molecule has 0 atom stereocenters. The maximum Gasteiger partial charge on any atom is 0.349 e. The first-order valence-corrected chi connectivity index (χ1v) is 9.59. The van der Waals surface area contributed by atoms with E-state index in [4.69, 9.17) is 8.94 Å². The number of hydrogen-bond acceptors (Lipinski definition) is 7. The van der Waals surface area contributed by atoms with Crippen LogP contribution in [0.15, 0.2) is 44.1 Å². The summed E-state index contributed by atoms with van der Waals surface area (Å²) in [7, 11) is 0. The van der Waals surface area contributed by atoms with Crippen LogP contribution in [0.3, 0.4) is 0 Å². The molecule has 158 valence electrons. The van der Waals surface area contributed by atoms with Crippen LogP contribution in [0, 0.1) is 13.8 Å². The molecule has 0 spiro atoms. The number of halogens is 1. The second-order valence-corrected chi connectivity index (χ2v) is 7.20. The zero-order valence-corrected chi connectivity index (χ0v) is 17.5. The molecule has 0 radical (unpaired) electrons. The van der Waals surface area contributed by atoms with E-state index in [1.807, 2.05) is 6.07 Å². The van der Waals surface area contributed by atoms with Crippen LogP contribution < -0.4 is 16.3 Å². The topological polar surface area (TPSA) is 110 Å². The van der Waals surface area contributed by atoms with Gasteiger partial charge in [0, 0.05) is 17.2 Å². The van der Waals surface area contributed by atoms with Gasteiger partial charge in [0.2, 0.25) is 0 Å². The highest BCUT2D eigenvalue weighted by molar-refractivity contribution is 6.05. The fourth-order valence-electron chi connectivity index (χ4n) is 3.52. The van der Waals surface area contributed by atoms with Crippen molar-refractivity contribution in [3.63, 3.8) is 0 Å². The molecule has 2 aromatic heterocycles. The monoisotopic (exact) mass is 430 g/mol. The van der Waals surface area contributed by atoms with Crippen LogP contribution >= 0.6 is 12.4 Å². The van der Waals surface area contributed by atoms with E-state index < -0.39 is 11.5 Å². The van der Waals surface area contributed by atoms with Gasteiger partial charge in [0.15, 0.2) is 5.82 Å². The summed E-state index contributed by atoms with van der Waals surface area (Å²) in [4.78, 5) is 29.4. The summed E-state index contributed by atoms with van der Waals surface area (Å²) in [5, 5.41) is 9.80. The number of carbonyl (C=O) groups is 1. The van der Waals surface area contributed by atoms with Crippen molar-refractivity contribution in [2.45, 2.75) is 32.6 Å². The molecule has 1 aromatic carbocycles. The van der Waals surface area contributed by atoms with E-state index in [1.165, 1.54) is 0 Å². The fourth-order valence-corrected chi connectivity index (χ4v) is 3.52. The van der Waals surface area contributed by atoms with Crippen molar-refractivity contribution in [2.24, 2.45) is 0 Å². The van der Waals surface area contributed by atoms with E-state index in [0.29, 0.717) is 28.7 Å². The van der Waals surface area contributed by atoms with E-state index in [2.05, 4.69) is 20.8 Å². The lowest BCUT2D eigenvalue weighted by atomic mass is 9.94. The molecule has 1 amide bonds. The third kappa shape index (κ3) is 4.60. The van der Waals surface area contributed by atoms with Gasteiger partial charge in [0.1, 0.15) is 11.3 Å². The predicted molar refractivity (Wildman–Crippen MR) is 114 cm³/mol. The summed E-state index contributed by atoms with van der Waals surface area (Å²) < 4.78 is 10.6. The molecule has 3 aromatic rings. The number of rotatable bonds is 4. The lowest BCUT2D eigenvalue weighted by Crippen LogP contribution is -2.28. The number of aryl methyl sites for hydroxylation is 2. The Morgan fingerprint density at radius 1 is 1.17 bits per heavy atom. The molecule has 3 heterocycles. The Morgan fingerprint density at radius 3 is 2.47 bits per heavy atom. The van der Waals surface area contributed by atoms with Gasteiger partial charge in [-0.2, -0.15) is 4.98 Å². The van der Waals surface area contributed by atoms with Crippen LogP contribution in [0.4, 0.5) is 5.69 Å². The predicted octanol–water partition coefficient (Wildman–Crippen LogP) is 3.45. The molecule has 0 aliphatic carbocycles. The van der Waals surface area contributed by atoms with Crippen molar-refractivity contribution < 1.29 is 13.7 Å². The molecule has 1 aliphatic heterocycles. The molecular weight excluding hydrogens is 408 g/mol. The van der Waals surface area contributed by atoms with Gasteiger partial charge >= 0.3 is 5.63 Å². The molecule has 1 saturated heterocycles.